The predicted octanol–water partition coefficient (Wildman–Crippen LogP) is 0.907. The summed E-state index contributed by atoms with van der Waals surface area (Å²) in [6.07, 6.45) is 15.5. The number of rotatable bonds is 11. The minimum atomic E-state index is -0.387. The van der Waals surface area contributed by atoms with Gasteiger partial charge in [-0.15, -0.1) is 0 Å². The molecular formula is C25H28IN8O-. The van der Waals surface area contributed by atoms with Crippen LogP contribution in [-0.2, 0) is 6.54 Å². The molecular weight excluding hydrogens is 555 g/mol. The van der Waals surface area contributed by atoms with Crippen LogP contribution in [0.15, 0.2) is 49.2 Å². The van der Waals surface area contributed by atoms with Crippen molar-refractivity contribution < 1.29 is 26.3 Å². The summed E-state index contributed by atoms with van der Waals surface area (Å²) in [5.41, 5.74) is 5.09. The first kappa shape index (κ1) is 23.6. The molecule has 1 aliphatic rings. The fourth-order valence-electron chi connectivity index (χ4n) is 4.08. The van der Waals surface area contributed by atoms with Gasteiger partial charge in [0, 0.05) is 12.1 Å². The number of unbranched alkanes of at least 4 members (excludes halogenated alkanes) is 4. The number of aromatic nitrogens is 5. The van der Waals surface area contributed by atoms with Gasteiger partial charge in [0.1, 0.15) is 0 Å². The summed E-state index contributed by atoms with van der Waals surface area (Å²) in [4.78, 5) is 30.1. The van der Waals surface area contributed by atoms with Crippen molar-refractivity contribution in [1.82, 2.24) is 33.2 Å². The molecule has 5 rings (SSSR count). The third kappa shape index (κ3) is 5.43. The average Bonchev–Trinajstić information content (AvgIpc) is 3.52. The Bertz CT molecular complexity index is 1320. The summed E-state index contributed by atoms with van der Waals surface area (Å²) >= 11 is -0.387. The average molecular weight is 583 g/mol. The van der Waals surface area contributed by atoms with E-state index < -0.39 is 0 Å². The molecule has 0 atom stereocenters. The maximum atomic E-state index is 11.9. The molecule has 3 N–H and O–H groups in total. The molecule has 0 radical (unpaired) electrons. The van der Waals surface area contributed by atoms with Gasteiger partial charge in [0.2, 0.25) is 0 Å². The zero-order chi connectivity index (χ0) is 24.0. The van der Waals surface area contributed by atoms with E-state index in [9.17, 15) is 4.79 Å². The summed E-state index contributed by atoms with van der Waals surface area (Å²) in [5, 5.41) is 6.16. The molecule has 0 saturated carbocycles. The van der Waals surface area contributed by atoms with Gasteiger partial charge in [-0.1, -0.05) is 0 Å². The molecule has 182 valence electrons. The van der Waals surface area contributed by atoms with Crippen molar-refractivity contribution in [3.05, 3.63) is 64.1 Å². The second-order valence-electron chi connectivity index (χ2n) is 8.43. The molecule has 4 heterocycles. The summed E-state index contributed by atoms with van der Waals surface area (Å²) in [6, 6.07) is 5.85. The van der Waals surface area contributed by atoms with Crippen molar-refractivity contribution in [3.8, 4) is 11.3 Å². The fraction of sp³-hybridized carbons (Fsp3) is 0.320. The first-order chi connectivity index (χ1) is 17.2. The van der Waals surface area contributed by atoms with Gasteiger partial charge in [-0.25, -0.2) is 0 Å². The van der Waals surface area contributed by atoms with Crippen LogP contribution in [0.5, 0.6) is 0 Å². The minimum absolute atomic E-state index is 0.0226. The van der Waals surface area contributed by atoms with E-state index in [-0.39, 0.29) is 27.4 Å². The number of halogens is 1. The second kappa shape index (κ2) is 11.1. The topological polar surface area (TPSA) is 109 Å². The molecule has 1 aromatic carbocycles. The molecule has 0 spiro atoms. The van der Waals surface area contributed by atoms with Crippen LogP contribution >= 0.6 is 0 Å². The molecule has 0 fully saturated rings. The van der Waals surface area contributed by atoms with E-state index in [0.29, 0.717) is 18.0 Å². The SMILES string of the molecule is CCCCCCCN[I-]c1ncc(Nc2ncc(-c3ccc4c(c3)CNC4=O)n3ccnc23)cn1. The summed E-state index contributed by atoms with van der Waals surface area (Å²) in [7, 11) is 0. The van der Waals surface area contributed by atoms with Crippen LogP contribution in [0, 0.1) is 3.83 Å². The second-order valence-corrected chi connectivity index (χ2v) is 10.7. The van der Waals surface area contributed by atoms with E-state index in [1.165, 1.54) is 32.1 Å². The van der Waals surface area contributed by atoms with E-state index in [4.69, 9.17) is 0 Å². The van der Waals surface area contributed by atoms with Crippen LogP contribution < -0.4 is 35.6 Å². The number of nitrogens with zero attached hydrogens (tertiary/aromatic N) is 5. The predicted molar refractivity (Wildman–Crippen MR) is 130 cm³/mol. The van der Waals surface area contributed by atoms with Gasteiger partial charge >= 0.3 is 187 Å². The van der Waals surface area contributed by atoms with Gasteiger partial charge in [0.25, 0.3) is 5.91 Å². The normalized spacial score (nSPS) is 12.8. The third-order valence-corrected chi connectivity index (χ3v) is 7.88. The number of amides is 1. The number of nitrogens with one attached hydrogen (secondary N) is 3. The molecule has 0 aliphatic carbocycles. The van der Waals surface area contributed by atoms with Crippen LogP contribution in [-0.4, -0.2) is 36.8 Å². The van der Waals surface area contributed by atoms with Crippen LogP contribution in [0.25, 0.3) is 16.9 Å². The van der Waals surface area contributed by atoms with Crippen molar-refractivity contribution >= 4 is 23.1 Å². The van der Waals surface area contributed by atoms with Crippen molar-refractivity contribution in [3.63, 3.8) is 0 Å². The number of benzene rings is 1. The Morgan fingerprint density at radius 1 is 1.06 bits per heavy atom. The van der Waals surface area contributed by atoms with Crippen LogP contribution in [0.4, 0.5) is 11.5 Å². The van der Waals surface area contributed by atoms with E-state index in [0.717, 1.165) is 38.4 Å². The number of fused-ring (bicyclic) bond motifs is 2. The number of hydrogen-bond acceptors (Lipinski definition) is 7. The third-order valence-electron chi connectivity index (χ3n) is 5.92. The summed E-state index contributed by atoms with van der Waals surface area (Å²) < 4.78 is 6.39. The van der Waals surface area contributed by atoms with Gasteiger partial charge in [-0.3, -0.25) is 4.79 Å². The van der Waals surface area contributed by atoms with E-state index in [2.05, 4.69) is 41.0 Å². The van der Waals surface area contributed by atoms with E-state index in [1.807, 2.05) is 35.0 Å². The van der Waals surface area contributed by atoms with Gasteiger partial charge < -0.3 is 5.32 Å². The zero-order valence-corrected chi connectivity index (χ0v) is 21.7. The Hall–Kier alpha value is -3.12. The van der Waals surface area contributed by atoms with Gasteiger partial charge in [-0.05, 0) is 0 Å². The quantitative estimate of drug-likeness (QED) is 0.104. The maximum absolute atomic E-state index is 11.9. The van der Waals surface area contributed by atoms with Crippen molar-refractivity contribution in [2.24, 2.45) is 0 Å². The van der Waals surface area contributed by atoms with Crippen molar-refractivity contribution in [1.29, 1.82) is 0 Å². The molecule has 0 bridgehead atoms. The Morgan fingerprint density at radius 3 is 2.77 bits per heavy atom. The number of hydrogen-bond donors (Lipinski definition) is 3. The molecule has 3 aromatic heterocycles. The van der Waals surface area contributed by atoms with Crippen LogP contribution in [0.2, 0.25) is 0 Å². The van der Waals surface area contributed by atoms with Crippen LogP contribution in [0.3, 0.4) is 0 Å². The first-order valence-electron chi connectivity index (χ1n) is 11.9. The van der Waals surface area contributed by atoms with E-state index in [1.54, 1.807) is 18.6 Å². The molecule has 4 aromatic rings. The van der Waals surface area contributed by atoms with Gasteiger partial charge in [-0.2, -0.15) is 0 Å². The van der Waals surface area contributed by atoms with Crippen molar-refractivity contribution in [2.75, 3.05) is 11.9 Å². The molecule has 35 heavy (non-hydrogen) atoms. The first-order valence-corrected chi connectivity index (χ1v) is 14.1. The summed E-state index contributed by atoms with van der Waals surface area (Å²) in [6.45, 7) is 3.82. The van der Waals surface area contributed by atoms with Gasteiger partial charge in [0.05, 0.1) is 0 Å². The molecule has 1 amide bonds. The monoisotopic (exact) mass is 583 g/mol. The molecule has 0 unspecified atom stereocenters. The molecule has 1 aliphatic heterocycles. The molecule has 0 saturated heterocycles. The molecule has 9 nitrogen and oxygen atoms in total. The Labute approximate surface area is 214 Å². The number of anilines is 2. The Kier molecular flexibility index (Phi) is 7.48. The van der Waals surface area contributed by atoms with Crippen LogP contribution in [0.1, 0.15) is 54.9 Å². The molecule has 10 heteroatoms. The zero-order valence-electron chi connectivity index (χ0n) is 19.6. The number of carbonyl (C=O) groups excluding carboxylic acids is 1. The van der Waals surface area contributed by atoms with Gasteiger partial charge in [0.15, 0.2) is 0 Å². The fourth-order valence-corrected chi connectivity index (χ4v) is 5.63. The van der Waals surface area contributed by atoms with Crippen molar-refractivity contribution in [2.45, 2.75) is 45.6 Å². The standard InChI is InChI=1S/C25H28IN8O/c1-2-3-4-5-6-9-32-26-25-30-14-19(15-31-25)33-22-23-27-10-11-34(23)21(16-28-22)17-7-8-20-18(12-17)13-29-24(20)35/h7-8,10-12,14-16,32H,2-6,9,13H2,1H3,(H,28,33)(H,29,35)/q-1. The number of carbonyl (C=O) groups is 1. The number of imidazole rings is 1. The Balaban J connectivity index is 1.25. The summed E-state index contributed by atoms with van der Waals surface area (Å²) in [5.74, 6) is 0.610. The van der Waals surface area contributed by atoms with E-state index >= 15 is 0 Å². The Morgan fingerprint density at radius 2 is 1.91 bits per heavy atom.